The van der Waals surface area contributed by atoms with Crippen molar-refractivity contribution in [3.05, 3.63) is 0 Å². The molecule has 0 bridgehead atoms. The first-order chi connectivity index (χ1) is 9.35. The highest BCUT2D eigenvalue weighted by Gasteiger charge is 2.47. The molecule has 0 amide bonds. The lowest BCUT2D eigenvalue weighted by molar-refractivity contribution is 0.00186. The van der Waals surface area contributed by atoms with Crippen molar-refractivity contribution in [2.45, 2.75) is 32.0 Å². The molecule has 0 aromatic rings. The van der Waals surface area contributed by atoms with Crippen molar-refractivity contribution in [3.63, 3.8) is 0 Å². The highest BCUT2D eigenvalue weighted by atomic mass is 35.5. The standard InChI is InChI=1S/C14H25ClO4/c1-2-16-3-4-17-5-6-18-10-12-8-14-13(19-14)7-11(12)9-15/h11-14H,2-10H2,1H3. The Hall–Kier alpha value is 0.130. The second kappa shape index (κ2) is 8.42. The van der Waals surface area contributed by atoms with E-state index in [4.69, 9.17) is 30.5 Å². The molecular weight excluding hydrogens is 268 g/mol. The van der Waals surface area contributed by atoms with Crippen LogP contribution in [0.1, 0.15) is 19.8 Å². The molecule has 4 atom stereocenters. The Morgan fingerprint density at radius 2 is 1.58 bits per heavy atom. The third-order valence-electron chi connectivity index (χ3n) is 3.90. The van der Waals surface area contributed by atoms with E-state index in [9.17, 15) is 0 Å². The van der Waals surface area contributed by atoms with Gasteiger partial charge in [-0.05, 0) is 31.6 Å². The van der Waals surface area contributed by atoms with Crippen LogP contribution in [0.25, 0.3) is 0 Å². The molecule has 19 heavy (non-hydrogen) atoms. The van der Waals surface area contributed by atoms with E-state index < -0.39 is 0 Å². The van der Waals surface area contributed by atoms with E-state index in [0.29, 0.717) is 56.4 Å². The topological polar surface area (TPSA) is 40.2 Å². The number of epoxide rings is 1. The number of ether oxygens (including phenoxy) is 4. The molecule has 0 aromatic carbocycles. The van der Waals surface area contributed by atoms with Crippen LogP contribution in [-0.4, -0.2) is 57.7 Å². The zero-order valence-corrected chi connectivity index (χ0v) is 12.4. The van der Waals surface area contributed by atoms with E-state index in [1.165, 1.54) is 0 Å². The molecule has 4 unspecified atom stereocenters. The molecular formula is C14H25ClO4. The van der Waals surface area contributed by atoms with Crippen molar-refractivity contribution in [3.8, 4) is 0 Å². The normalized spacial score (nSPS) is 33.2. The number of rotatable bonds is 10. The van der Waals surface area contributed by atoms with E-state index in [2.05, 4.69) is 0 Å². The van der Waals surface area contributed by atoms with Gasteiger partial charge < -0.3 is 18.9 Å². The number of hydrogen-bond donors (Lipinski definition) is 0. The van der Waals surface area contributed by atoms with Crippen LogP contribution < -0.4 is 0 Å². The lowest BCUT2D eigenvalue weighted by atomic mass is 9.81. The molecule has 0 spiro atoms. The van der Waals surface area contributed by atoms with E-state index >= 15 is 0 Å². The third kappa shape index (κ3) is 5.20. The fourth-order valence-corrected chi connectivity index (χ4v) is 3.06. The summed E-state index contributed by atoms with van der Waals surface area (Å²) in [4.78, 5) is 0. The lowest BCUT2D eigenvalue weighted by Gasteiger charge is -2.27. The maximum Gasteiger partial charge on any atom is 0.0845 e. The van der Waals surface area contributed by atoms with Crippen molar-refractivity contribution < 1.29 is 18.9 Å². The first-order valence-electron chi connectivity index (χ1n) is 7.29. The Bertz CT molecular complexity index is 252. The molecule has 2 rings (SSSR count). The maximum atomic E-state index is 6.02. The van der Waals surface area contributed by atoms with Gasteiger partial charge in [0.25, 0.3) is 0 Å². The van der Waals surface area contributed by atoms with Gasteiger partial charge in [0.2, 0.25) is 0 Å². The van der Waals surface area contributed by atoms with Gasteiger partial charge in [-0.1, -0.05) is 0 Å². The maximum absolute atomic E-state index is 6.02. The summed E-state index contributed by atoms with van der Waals surface area (Å²) in [6, 6.07) is 0. The predicted molar refractivity (Wildman–Crippen MR) is 73.7 cm³/mol. The van der Waals surface area contributed by atoms with Gasteiger partial charge in [-0.25, -0.2) is 0 Å². The number of hydrogen-bond acceptors (Lipinski definition) is 4. The van der Waals surface area contributed by atoms with Crippen molar-refractivity contribution in [1.82, 2.24) is 0 Å². The molecule has 1 aliphatic carbocycles. The summed E-state index contributed by atoms with van der Waals surface area (Å²) in [5, 5.41) is 0. The molecule has 0 aromatic heterocycles. The minimum absolute atomic E-state index is 0.482. The van der Waals surface area contributed by atoms with Gasteiger partial charge >= 0.3 is 0 Å². The largest absolute Gasteiger partial charge is 0.379 e. The van der Waals surface area contributed by atoms with Gasteiger partial charge in [0.15, 0.2) is 0 Å². The predicted octanol–water partition coefficient (Wildman–Crippen LogP) is 2.09. The second-order valence-corrected chi connectivity index (χ2v) is 5.55. The highest BCUT2D eigenvalue weighted by Crippen LogP contribution is 2.43. The Labute approximate surface area is 120 Å². The summed E-state index contributed by atoms with van der Waals surface area (Å²) in [5.41, 5.74) is 0. The Morgan fingerprint density at radius 1 is 0.947 bits per heavy atom. The molecule has 1 heterocycles. The average Bonchev–Trinajstić information content (AvgIpc) is 3.18. The number of fused-ring (bicyclic) bond motifs is 1. The van der Waals surface area contributed by atoms with E-state index in [0.717, 1.165) is 26.1 Å². The number of halogens is 1. The second-order valence-electron chi connectivity index (χ2n) is 5.24. The minimum Gasteiger partial charge on any atom is -0.379 e. The summed E-state index contributed by atoms with van der Waals surface area (Å²) >= 11 is 6.02. The van der Waals surface area contributed by atoms with Crippen LogP contribution in [-0.2, 0) is 18.9 Å². The van der Waals surface area contributed by atoms with E-state index in [1.807, 2.05) is 6.92 Å². The van der Waals surface area contributed by atoms with E-state index in [1.54, 1.807) is 0 Å². The molecule has 2 fully saturated rings. The van der Waals surface area contributed by atoms with Crippen LogP contribution in [0.3, 0.4) is 0 Å². The monoisotopic (exact) mass is 292 g/mol. The molecule has 112 valence electrons. The van der Waals surface area contributed by atoms with Gasteiger partial charge in [0, 0.05) is 19.1 Å². The quantitative estimate of drug-likeness (QED) is 0.351. The van der Waals surface area contributed by atoms with Crippen LogP contribution in [0, 0.1) is 11.8 Å². The minimum atomic E-state index is 0.482. The summed E-state index contributed by atoms with van der Waals surface area (Å²) in [5.74, 6) is 1.81. The van der Waals surface area contributed by atoms with Crippen molar-refractivity contribution >= 4 is 11.6 Å². The Morgan fingerprint density at radius 3 is 2.26 bits per heavy atom. The first-order valence-corrected chi connectivity index (χ1v) is 7.83. The van der Waals surface area contributed by atoms with Crippen LogP contribution in [0.15, 0.2) is 0 Å². The third-order valence-corrected chi connectivity index (χ3v) is 4.30. The van der Waals surface area contributed by atoms with Gasteiger partial charge in [-0.15, -0.1) is 11.6 Å². The molecule has 1 saturated heterocycles. The molecule has 5 heteroatoms. The van der Waals surface area contributed by atoms with Crippen LogP contribution in [0.4, 0.5) is 0 Å². The van der Waals surface area contributed by atoms with Gasteiger partial charge in [0.1, 0.15) is 0 Å². The summed E-state index contributed by atoms with van der Waals surface area (Å²) < 4.78 is 21.9. The Balaban J connectivity index is 1.48. The fraction of sp³-hybridized carbons (Fsp3) is 1.00. The molecule has 4 nitrogen and oxygen atoms in total. The smallest absolute Gasteiger partial charge is 0.0845 e. The van der Waals surface area contributed by atoms with Crippen molar-refractivity contribution in [2.24, 2.45) is 11.8 Å². The van der Waals surface area contributed by atoms with Gasteiger partial charge in [-0.2, -0.15) is 0 Å². The fourth-order valence-electron chi connectivity index (χ4n) is 2.69. The molecule has 1 aliphatic heterocycles. The molecule has 0 N–H and O–H groups in total. The summed E-state index contributed by atoms with van der Waals surface area (Å²) in [6.45, 7) is 6.08. The van der Waals surface area contributed by atoms with Crippen LogP contribution >= 0.6 is 11.6 Å². The SMILES string of the molecule is CCOCCOCCOCC1CC2OC2CC1CCl. The number of alkyl halides is 1. The summed E-state index contributed by atoms with van der Waals surface area (Å²) in [6.07, 6.45) is 3.18. The van der Waals surface area contributed by atoms with Gasteiger partial charge in [-0.3, -0.25) is 0 Å². The Kier molecular flexibility index (Phi) is 6.88. The molecule has 1 saturated carbocycles. The van der Waals surface area contributed by atoms with Crippen molar-refractivity contribution in [1.29, 1.82) is 0 Å². The van der Waals surface area contributed by atoms with Crippen LogP contribution in [0.5, 0.6) is 0 Å². The van der Waals surface area contributed by atoms with Crippen molar-refractivity contribution in [2.75, 3.05) is 45.5 Å². The molecule has 2 aliphatic rings. The van der Waals surface area contributed by atoms with Gasteiger partial charge in [0.05, 0.1) is 38.6 Å². The zero-order valence-electron chi connectivity index (χ0n) is 11.7. The van der Waals surface area contributed by atoms with E-state index in [-0.39, 0.29) is 0 Å². The summed E-state index contributed by atoms with van der Waals surface area (Å²) in [7, 11) is 0. The highest BCUT2D eigenvalue weighted by molar-refractivity contribution is 6.18. The zero-order chi connectivity index (χ0) is 13.5. The first kappa shape index (κ1) is 15.5. The van der Waals surface area contributed by atoms with Crippen LogP contribution in [0.2, 0.25) is 0 Å². The lowest BCUT2D eigenvalue weighted by Crippen LogP contribution is -2.29. The molecule has 0 radical (unpaired) electrons. The average molecular weight is 293 g/mol.